The minimum absolute atomic E-state index is 0.108. The van der Waals surface area contributed by atoms with Gasteiger partial charge in [-0.25, -0.2) is 4.39 Å². The molecular weight excluding hydrogens is 379 g/mol. The van der Waals surface area contributed by atoms with Crippen LogP contribution in [0.25, 0.3) is 0 Å². The molecular formula is C13H13Br2FN2O. The second-order valence-electron chi connectivity index (χ2n) is 4.49. The van der Waals surface area contributed by atoms with Crippen LogP contribution in [0.2, 0.25) is 0 Å². The Kier molecular flexibility index (Phi) is 4.43. The maximum Gasteiger partial charge on any atom is 0.137 e. The fraction of sp³-hybridized carbons (Fsp3) is 0.308. The molecule has 1 aromatic carbocycles. The highest BCUT2D eigenvalue weighted by atomic mass is 79.9. The first-order valence-corrected chi connectivity index (χ1v) is 7.36. The zero-order valence-electron chi connectivity index (χ0n) is 10.4. The lowest BCUT2D eigenvalue weighted by Gasteiger charge is -2.17. The Balaban J connectivity index is 2.46. The molecule has 102 valence electrons. The fourth-order valence-electron chi connectivity index (χ4n) is 1.86. The van der Waals surface area contributed by atoms with Gasteiger partial charge >= 0.3 is 0 Å². The summed E-state index contributed by atoms with van der Waals surface area (Å²) in [6, 6.07) is 4.69. The average Bonchev–Trinajstić information content (AvgIpc) is 2.74. The van der Waals surface area contributed by atoms with Gasteiger partial charge in [-0.2, -0.15) is 5.10 Å². The Bertz CT molecular complexity index is 598. The number of nitrogens with zero attached hydrogens (tertiary/aromatic N) is 2. The van der Waals surface area contributed by atoms with Gasteiger partial charge in [0.15, 0.2) is 0 Å². The summed E-state index contributed by atoms with van der Waals surface area (Å²) in [5.41, 5.74) is 1.11. The van der Waals surface area contributed by atoms with Crippen molar-refractivity contribution < 1.29 is 9.50 Å². The van der Waals surface area contributed by atoms with Crippen molar-refractivity contribution in [3.8, 4) is 0 Å². The van der Waals surface area contributed by atoms with Crippen LogP contribution in [0.5, 0.6) is 0 Å². The van der Waals surface area contributed by atoms with Crippen molar-refractivity contribution in [1.82, 2.24) is 9.78 Å². The van der Waals surface area contributed by atoms with Crippen molar-refractivity contribution in [1.29, 1.82) is 0 Å². The van der Waals surface area contributed by atoms with E-state index in [9.17, 15) is 9.50 Å². The molecule has 0 saturated heterocycles. The number of halogens is 3. The molecule has 1 atom stereocenters. The molecule has 0 spiro atoms. The first kappa shape index (κ1) is 14.7. The van der Waals surface area contributed by atoms with Gasteiger partial charge in [-0.3, -0.25) is 4.68 Å². The molecule has 1 heterocycles. The first-order chi connectivity index (χ1) is 8.91. The van der Waals surface area contributed by atoms with Gasteiger partial charge in [-0.05, 0) is 63.4 Å². The monoisotopic (exact) mass is 390 g/mol. The Morgan fingerprint density at radius 2 is 1.95 bits per heavy atom. The van der Waals surface area contributed by atoms with Gasteiger partial charge in [-0.1, -0.05) is 6.07 Å². The van der Waals surface area contributed by atoms with Gasteiger partial charge in [0.2, 0.25) is 0 Å². The number of hydrogen-bond donors (Lipinski definition) is 1. The molecule has 3 nitrogen and oxygen atoms in total. The molecule has 1 unspecified atom stereocenters. The van der Waals surface area contributed by atoms with Crippen LogP contribution in [0.1, 0.15) is 37.3 Å². The topological polar surface area (TPSA) is 38.0 Å². The summed E-state index contributed by atoms with van der Waals surface area (Å²) in [6.07, 6.45) is 0.704. The summed E-state index contributed by atoms with van der Waals surface area (Å²) >= 11 is 6.47. The van der Waals surface area contributed by atoms with E-state index in [0.29, 0.717) is 20.2 Å². The predicted molar refractivity (Wildman–Crippen MR) is 78.5 cm³/mol. The summed E-state index contributed by atoms with van der Waals surface area (Å²) < 4.78 is 16.3. The Hall–Kier alpha value is -0.720. The molecule has 0 saturated carbocycles. The third kappa shape index (κ3) is 2.90. The van der Waals surface area contributed by atoms with Crippen molar-refractivity contribution in [3.63, 3.8) is 0 Å². The van der Waals surface area contributed by atoms with Crippen molar-refractivity contribution >= 4 is 31.9 Å². The third-order valence-corrected chi connectivity index (χ3v) is 4.05. The number of benzene rings is 1. The van der Waals surface area contributed by atoms with E-state index in [-0.39, 0.29) is 6.04 Å². The lowest BCUT2D eigenvalue weighted by Crippen LogP contribution is -2.12. The molecule has 2 rings (SSSR count). The van der Waals surface area contributed by atoms with Crippen LogP contribution in [0.3, 0.4) is 0 Å². The number of hydrogen-bond acceptors (Lipinski definition) is 2. The Morgan fingerprint density at radius 3 is 2.53 bits per heavy atom. The highest BCUT2D eigenvalue weighted by molar-refractivity contribution is 9.10. The van der Waals surface area contributed by atoms with Crippen LogP contribution >= 0.6 is 31.9 Å². The molecule has 2 aromatic rings. The minimum atomic E-state index is -0.929. The number of aliphatic hydroxyl groups excluding tert-OH is 1. The summed E-state index contributed by atoms with van der Waals surface area (Å²) in [5.74, 6) is -0.400. The van der Waals surface area contributed by atoms with E-state index < -0.39 is 11.9 Å². The number of rotatable bonds is 3. The summed E-state index contributed by atoms with van der Waals surface area (Å²) in [4.78, 5) is 0. The molecule has 6 heteroatoms. The van der Waals surface area contributed by atoms with Crippen molar-refractivity contribution in [2.45, 2.75) is 26.0 Å². The Labute approximate surface area is 127 Å². The van der Waals surface area contributed by atoms with E-state index in [1.54, 1.807) is 23.0 Å². The van der Waals surface area contributed by atoms with E-state index in [4.69, 9.17) is 0 Å². The van der Waals surface area contributed by atoms with Gasteiger partial charge in [-0.15, -0.1) is 0 Å². The van der Waals surface area contributed by atoms with E-state index in [1.807, 2.05) is 13.8 Å². The second kappa shape index (κ2) is 5.73. The normalized spacial score (nSPS) is 13.0. The Morgan fingerprint density at radius 1 is 1.26 bits per heavy atom. The highest BCUT2D eigenvalue weighted by Gasteiger charge is 2.21. The third-order valence-electron chi connectivity index (χ3n) is 2.79. The van der Waals surface area contributed by atoms with Gasteiger partial charge in [0.25, 0.3) is 0 Å². The second-order valence-corrected chi connectivity index (χ2v) is 6.20. The standard InChI is InChI=1S/C13H13Br2FN2O/c1-7(2)18-12(10(15)6-17-18)13(19)8-3-4-9(14)11(16)5-8/h3-7,13,19H,1-2H3. The van der Waals surface area contributed by atoms with Gasteiger partial charge in [0.05, 0.1) is 20.8 Å². The predicted octanol–water partition coefficient (Wildman–Crippen LogP) is 4.21. The van der Waals surface area contributed by atoms with Gasteiger partial charge in [0.1, 0.15) is 11.9 Å². The molecule has 0 aliphatic rings. The van der Waals surface area contributed by atoms with Crippen LogP contribution in [-0.4, -0.2) is 14.9 Å². The zero-order chi connectivity index (χ0) is 14.2. The van der Waals surface area contributed by atoms with Crippen LogP contribution in [0.15, 0.2) is 33.3 Å². The largest absolute Gasteiger partial charge is 0.382 e. The number of aliphatic hydroxyl groups is 1. The fourth-order valence-corrected chi connectivity index (χ4v) is 2.60. The molecule has 1 N–H and O–H groups in total. The molecule has 1 aromatic heterocycles. The highest BCUT2D eigenvalue weighted by Crippen LogP contribution is 2.31. The number of aromatic nitrogens is 2. The molecule has 0 amide bonds. The van der Waals surface area contributed by atoms with Crippen LogP contribution in [-0.2, 0) is 0 Å². The zero-order valence-corrected chi connectivity index (χ0v) is 13.6. The lowest BCUT2D eigenvalue weighted by molar-refractivity contribution is 0.203. The quantitative estimate of drug-likeness (QED) is 0.850. The smallest absolute Gasteiger partial charge is 0.137 e. The van der Waals surface area contributed by atoms with Gasteiger partial charge in [0, 0.05) is 6.04 Å². The molecule has 0 aliphatic heterocycles. The maximum absolute atomic E-state index is 13.5. The van der Waals surface area contributed by atoms with Crippen LogP contribution in [0.4, 0.5) is 4.39 Å². The SMILES string of the molecule is CC(C)n1ncc(Br)c1C(O)c1ccc(Br)c(F)c1. The summed E-state index contributed by atoms with van der Waals surface area (Å²) in [7, 11) is 0. The van der Waals surface area contributed by atoms with Crippen LogP contribution < -0.4 is 0 Å². The molecule has 0 aliphatic carbocycles. The van der Waals surface area contributed by atoms with Crippen molar-refractivity contribution in [2.24, 2.45) is 0 Å². The summed E-state index contributed by atoms with van der Waals surface area (Å²) in [6.45, 7) is 3.94. The minimum Gasteiger partial charge on any atom is -0.382 e. The van der Waals surface area contributed by atoms with E-state index >= 15 is 0 Å². The van der Waals surface area contributed by atoms with Crippen molar-refractivity contribution in [2.75, 3.05) is 0 Å². The van der Waals surface area contributed by atoms with Crippen LogP contribution in [0, 0.1) is 5.82 Å². The summed E-state index contributed by atoms with van der Waals surface area (Å²) in [5, 5.41) is 14.6. The van der Waals surface area contributed by atoms with E-state index in [0.717, 1.165) is 0 Å². The lowest BCUT2D eigenvalue weighted by atomic mass is 10.1. The van der Waals surface area contributed by atoms with E-state index in [2.05, 4.69) is 37.0 Å². The maximum atomic E-state index is 13.5. The van der Waals surface area contributed by atoms with Gasteiger partial charge < -0.3 is 5.11 Å². The molecule has 0 fully saturated rings. The molecule has 0 radical (unpaired) electrons. The average molecular weight is 392 g/mol. The first-order valence-electron chi connectivity index (χ1n) is 5.77. The molecule has 0 bridgehead atoms. The molecule has 19 heavy (non-hydrogen) atoms. The van der Waals surface area contributed by atoms with Crippen molar-refractivity contribution in [3.05, 3.63) is 50.4 Å². The van der Waals surface area contributed by atoms with E-state index in [1.165, 1.54) is 6.07 Å².